The number of nitrogen functional groups attached to an aromatic ring is 1. The summed E-state index contributed by atoms with van der Waals surface area (Å²) in [6.07, 6.45) is 4.89. The highest BCUT2D eigenvalue weighted by molar-refractivity contribution is 5.73. The molecule has 0 fully saturated rings. The van der Waals surface area contributed by atoms with Gasteiger partial charge in [-0.15, -0.1) is 0 Å². The van der Waals surface area contributed by atoms with Gasteiger partial charge in [0.15, 0.2) is 5.82 Å². The molecule has 3 rings (SSSR count). The Bertz CT molecular complexity index is 655. The lowest BCUT2D eigenvalue weighted by molar-refractivity contribution is 0.686. The number of aromatic nitrogens is 2. The van der Waals surface area contributed by atoms with E-state index in [0.717, 1.165) is 23.6 Å². The molecule has 1 aromatic heterocycles. The molecule has 3 N–H and O–H groups in total. The summed E-state index contributed by atoms with van der Waals surface area (Å²) in [7, 11) is 1.94. The fraction of sp³-hybridized carbons (Fsp3) is 0.471. The number of nitrogens with two attached hydrogens (primary N) is 1. The zero-order chi connectivity index (χ0) is 15.0. The van der Waals surface area contributed by atoms with Crippen molar-refractivity contribution in [3.8, 4) is 0 Å². The fourth-order valence-electron chi connectivity index (χ4n) is 3.16. The average Bonchev–Trinajstić information content (AvgIpc) is 2.76. The van der Waals surface area contributed by atoms with Gasteiger partial charge in [0.1, 0.15) is 0 Å². The van der Waals surface area contributed by atoms with Gasteiger partial charge in [-0.2, -0.15) is 5.10 Å². The van der Waals surface area contributed by atoms with Crippen LogP contribution in [0, 0.1) is 0 Å². The molecular formula is C17H24N4. The predicted molar refractivity (Wildman–Crippen MR) is 88.1 cm³/mol. The molecule has 112 valence electrons. The van der Waals surface area contributed by atoms with Crippen molar-refractivity contribution in [3.05, 3.63) is 35.0 Å². The molecule has 0 saturated heterocycles. The van der Waals surface area contributed by atoms with E-state index in [9.17, 15) is 0 Å². The Labute approximate surface area is 126 Å². The molecule has 0 radical (unpaired) electrons. The predicted octanol–water partition coefficient (Wildman–Crippen LogP) is 3.75. The number of nitrogens with zero attached hydrogens (tertiary/aromatic N) is 2. The van der Waals surface area contributed by atoms with Crippen molar-refractivity contribution in [1.82, 2.24) is 9.78 Å². The van der Waals surface area contributed by atoms with Gasteiger partial charge >= 0.3 is 0 Å². The van der Waals surface area contributed by atoms with Crippen molar-refractivity contribution in [2.75, 3.05) is 11.1 Å². The van der Waals surface area contributed by atoms with Crippen LogP contribution < -0.4 is 11.1 Å². The summed E-state index contributed by atoms with van der Waals surface area (Å²) in [6.45, 7) is 4.24. The molecule has 2 aromatic rings. The number of hydrogen-bond donors (Lipinski definition) is 2. The van der Waals surface area contributed by atoms with E-state index in [1.54, 1.807) is 0 Å². The van der Waals surface area contributed by atoms with Gasteiger partial charge in [0.25, 0.3) is 0 Å². The van der Waals surface area contributed by atoms with Crippen LogP contribution in [0.3, 0.4) is 0 Å². The molecule has 4 nitrogen and oxygen atoms in total. The second kappa shape index (κ2) is 5.43. The first-order valence-electron chi connectivity index (χ1n) is 7.78. The maximum Gasteiger partial charge on any atom is 0.152 e. The maximum absolute atomic E-state index is 6.28. The fourth-order valence-corrected chi connectivity index (χ4v) is 3.16. The molecule has 0 saturated carbocycles. The summed E-state index contributed by atoms with van der Waals surface area (Å²) in [4.78, 5) is 0. The van der Waals surface area contributed by atoms with Gasteiger partial charge in [0, 0.05) is 12.7 Å². The molecule has 0 amide bonds. The maximum atomic E-state index is 6.28. The van der Waals surface area contributed by atoms with Crippen molar-refractivity contribution in [2.24, 2.45) is 7.05 Å². The third kappa shape index (κ3) is 2.50. The Kier molecular flexibility index (Phi) is 3.62. The van der Waals surface area contributed by atoms with Crippen molar-refractivity contribution in [1.29, 1.82) is 0 Å². The van der Waals surface area contributed by atoms with E-state index in [-0.39, 0.29) is 0 Å². The third-order valence-corrected chi connectivity index (χ3v) is 4.31. The number of hydrogen-bond acceptors (Lipinski definition) is 3. The van der Waals surface area contributed by atoms with E-state index in [0.29, 0.717) is 5.92 Å². The van der Waals surface area contributed by atoms with Crippen LogP contribution >= 0.6 is 0 Å². The van der Waals surface area contributed by atoms with E-state index in [4.69, 9.17) is 5.73 Å². The second-order valence-corrected chi connectivity index (χ2v) is 6.20. The van der Waals surface area contributed by atoms with Gasteiger partial charge in [0.05, 0.1) is 11.4 Å². The number of benzene rings is 1. The van der Waals surface area contributed by atoms with Gasteiger partial charge < -0.3 is 11.1 Å². The van der Waals surface area contributed by atoms with Crippen LogP contribution in [-0.2, 0) is 19.9 Å². The minimum absolute atomic E-state index is 0.330. The Morgan fingerprint density at radius 1 is 1.24 bits per heavy atom. The largest absolute Gasteiger partial charge is 0.394 e. The van der Waals surface area contributed by atoms with Crippen LogP contribution in [-0.4, -0.2) is 9.78 Å². The van der Waals surface area contributed by atoms with Crippen LogP contribution in [0.4, 0.5) is 17.2 Å². The van der Waals surface area contributed by atoms with Gasteiger partial charge in [0.2, 0.25) is 0 Å². The summed E-state index contributed by atoms with van der Waals surface area (Å²) in [5.74, 6) is 1.23. The van der Waals surface area contributed by atoms with E-state index >= 15 is 0 Å². The normalized spacial score (nSPS) is 14.3. The Balaban J connectivity index is 1.98. The monoisotopic (exact) mass is 284 g/mol. The second-order valence-electron chi connectivity index (χ2n) is 6.20. The molecule has 0 unspecified atom stereocenters. The topological polar surface area (TPSA) is 55.9 Å². The van der Waals surface area contributed by atoms with Crippen molar-refractivity contribution in [2.45, 2.75) is 45.4 Å². The highest BCUT2D eigenvalue weighted by atomic mass is 15.3. The molecular weight excluding hydrogens is 260 g/mol. The molecule has 0 bridgehead atoms. The SMILES string of the molecule is CC(C)c1nn(C)c(Nc2cccc3c2CCCC3)c1N. The minimum Gasteiger partial charge on any atom is -0.394 e. The van der Waals surface area contributed by atoms with E-state index in [1.165, 1.54) is 36.1 Å². The van der Waals surface area contributed by atoms with Crippen LogP contribution in [0.25, 0.3) is 0 Å². The lowest BCUT2D eigenvalue weighted by Gasteiger charge is -2.20. The molecule has 0 spiro atoms. The quantitative estimate of drug-likeness (QED) is 0.902. The molecule has 0 atom stereocenters. The summed E-state index contributed by atoms with van der Waals surface area (Å²) in [5.41, 5.74) is 12.1. The van der Waals surface area contributed by atoms with E-state index in [2.05, 4.69) is 42.5 Å². The van der Waals surface area contributed by atoms with Crippen molar-refractivity contribution in [3.63, 3.8) is 0 Å². The first-order chi connectivity index (χ1) is 10.1. The number of fused-ring (bicyclic) bond motifs is 1. The summed E-state index contributed by atoms with van der Waals surface area (Å²) in [5, 5.41) is 8.07. The molecule has 21 heavy (non-hydrogen) atoms. The number of anilines is 3. The molecule has 1 aliphatic rings. The number of nitrogens with one attached hydrogen (secondary N) is 1. The van der Waals surface area contributed by atoms with Gasteiger partial charge in [-0.1, -0.05) is 26.0 Å². The zero-order valence-corrected chi connectivity index (χ0v) is 13.1. The molecule has 4 heteroatoms. The smallest absolute Gasteiger partial charge is 0.152 e. The zero-order valence-electron chi connectivity index (χ0n) is 13.1. The van der Waals surface area contributed by atoms with Crippen LogP contribution in [0.1, 0.15) is 49.4 Å². The van der Waals surface area contributed by atoms with Crippen molar-refractivity contribution < 1.29 is 0 Å². The Morgan fingerprint density at radius 2 is 2.00 bits per heavy atom. The first-order valence-corrected chi connectivity index (χ1v) is 7.78. The highest BCUT2D eigenvalue weighted by Gasteiger charge is 2.18. The Hall–Kier alpha value is -1.97. The van der Waals surface area contributed by atoms with Crippen molar-refractivity contribution >= 4 is 17.2 Å². The molecule has 1 aliphatic carbocycles. The number of aryl methyl sites for hydroxylation is 2. The summed E-state index contributed by atoms with van der Waals surface area (Å²) in [6, 6.07) is 6.51. The average molecular weight is 284 g/mol. The summed E-state index contributed by atoms with van der Waals surface area (Å²) >= 11 is 0. The van der Waals surface area contributed by atoms with Gasteiger partial charge in [-0.05, 0) is 48.8 Å². The highest BCUT2D eigenvalue weighted by Crippen LogP contribution is 2.34. The van der Waals surface area contributed by atoms with E-state index < -0.39 is 0 Å². The first kappa shape index (κ1) is 14.0. The standard InChI is InChI=1S/C17H24N4/c1-11(2)16-15(18)17(21(3)20-16)19-14-10-6-8-12-7-4-5-9-13(12)14/h6,8,10-11,19H,4-5,7,9,18H2,1-3H3. The van der Waals surface area contributed by atoms with Crippen LogP contribution in [0.15, 0.2) is 18.2 Å². The lowest BCUT2D eigenvalue weighted by Crippen LogP contribution is -2.08. The Morgan fingerprint density at radius 3 is 2.71 bits per heavy atom. The molecule has 1 heterocycles. The third-order valence-electron chi connectivity index (χ3n) is 4.31. The number of rotatable bonds is 3. The van der Waals surface area contributed by atoms with Crippen LogP contribution in [0.5, 0.6) is 0 Å². The molecule has 1 aromatic carbocycles. The van der Waals surface area contributed by atoms with Gasteiger partial charge in [-0.25, -0.2) is 0 Å². The summed E-state index contributed by atoms with van der Waals surface area (Å²) < 4.78 is 1.85. The van der Waals surface area contributed by atoms with E-state index in [1.807, 2.05) is 11.7 Å². The molecule has 0 aliphatic heterocycles. The minimum atomic E-state index is 0.330. The van der Waals surface area contributed by atoms with Gasteiger partial charge in [-0.3, -0.25) is 4.68 Å². The van der Waals surface area contributed by atoms with Crippen LogP contribution in [0.2, 0.25) is 0 Å². The lowest BCUT2D eigenvalue weighted by atomic mass is 9.90.